The molecule has 0 radical (unpaired) electrons. The molecule has 1 rings (SSSR count). The fourth-order valence-corrected chi connectivity index (χ4v) is 2.03. The van der Waals surface area contributed by atoms with E-state index in [2.05, 4.69) is 5.32 Å². The van der Waals surface area contributed by atoms with Crippen LogP contribution < -0.4 is 5.32 Å². The Balaban J connectivity index is 2.70. The molecule has 0 fully saturated rings. The van der Waals surface area contributed by atoms with E-state index in [0.717, 1.165) is 0 Å². The summed E-state index contributed by atoms with van der Waals surface area (Å²) in [5.41, 5.74) is -3.80. The lowest BCUT2D eigenvalue weighted by Crippen LogP contribution is -2.22. The van der Waals surface area contributed by atoms with Crippen molar-refractivity contribution >= 4 is 17.4 Å². The van der Waals surface area contributed by atoms with E-state index in [0.29, 0.717) is 18.9 Å². The summed E-state index contributed by atoms with van der Waals surface area (Å²) in [5, 5.41) is 3.02. The standard InChI is InChI=1S/C12H16F3NOS/c1-3-17-8-9(2)16-10-6-4-5-7-11(10)18-12(13,14)15/h4-7,9,16H,3,8H2,1-2H3. The van der Waals surface area contributed by atoms with E-state index in [-0.39, 0.29) is 22.7 Å². The topological polar surface area (TPSA) is 21.3 Å². The van der Waals surface area contributed by atoms with Crippen LogP contribution in [0.2, 0.25) is 0 Å². The Bertz CT molecular complexity index is 371. The third-order valence-electron chi connectivity index (χ3n) is 2.09. The maximum Gasteiger partial charge on any atom is 0.446 e. The van der Waals surface area contributed by atoms with Gasteiger partial charge in [-0.2, -0.15) is 13.2 Å². The molecule has 6 heteroatoms. The highest BCUT2D eigenvalue weighted by Crippen LogP contribution is 2.40. The quantitative estimate of drug-likeness (QED) is 0.791. The first-order valence-electron chi connectivity index (χ1n) is 5.61. The molecule has 0 aliphatic heterocycles. The van der Waals surface area contributed by atoms with Gasteiger partial charge in [0.05, 0.1) is 6.61 Å². The van der Waals surface area contributed by atoms with Gasteiger partial charge in [0.25, 0.3) is 0 Å². The molecule has 18 heavy (non-hydrogen) atoms. The molecule has 0 aliphatic rings. The Labute approximate surface area is 109 Å². The number of para-hydroxylation sites is 1. The highest BCUT2D eigenvalue weighted by Gasteiger charge is 2.30. The molecule has 0 saturated heterocycles. The number of hydrogen-bond donors (Lipinski definition) is 1. The molecule has 1 unspecified atom stereocenters. The fraction of sp³-hybridized carbons (Fsp3) is 0.500. The Kier molecular flexibility index (Phi) is 5.81. The van der Waals surface area contributed by atoms with Gasteiger partial charge in [-0.15, -0.1) is 0 Å². The van der Waals surface area contributed by atoms with E-state index in [9.17, 15) is 13.2 Å². The lowest BCUT2D eigenvalue weighted by Gasteiger charge is -2.18. The van der Waals surface area contributed by atoms with E-state index >= 15 is 0 Å². The molecule has 2 nitrogen and oxygen atoms in total. The summed E-state index contributed by atoms with van der Waals surface area (Å²) in [4.78, 5) is 0.174. The van der Waals surface area contributed by atoms with Crippen molar-refractivity contribution in [2.75, 3.05) is 18.5 Å². The normalized spacial score (nSPS) is 13.4. The summed E-state index contributed by atoms with van der Waals surface area (Å²) in [6, 6.07) is 6.34. The number of halogens is 3. The minimum atomic E-state index is -4.28. The second kappa shape index (κ2) is 6.89. The third kappa shape index (κ3) is 5.64. The van der Waals surface area contributed by atoms with Crippen molar-refractivity contribution in [2.24, 2.45) is 0 Å². The van der Waals surface area contributed by atoms with Crippen molar-refractivity contribution in [3.63, 3.8) is 0 Å². The number of rotatable bonds is 6. The highest BCUT2D eigenvalue weighted by molar-refractivity contribution is 8.00. The van der Waals surface area contributed by atoms with Crippen LogP contribution in [0.3, 0.4) is 0 Å². The minimum absolute atomic E-state index is 0.0417. The summed E-state index contributed by atoms with van der Waals surface area (Å²) in [6.07, 6.45) is 0. The predicted octanol–water partition coefficient (Wildman–Crippen LogP) is 4.14. The van der Waals surface area contributed by atoms with Gasteiger partial charge < -0.3 is 10.1 Å². The molecule has 0 aromatic heterocycles. The number of hydrogen-bond acceptors (Lipinski definition) is 3. The second-order valence-corrected chi connectivity index (χ2v) is 4.86. The Hall–Kier alpha value is -0.880. The van der Waals surface area contributed by atoms with Crippen LogP contribution >= 0.6 is 11.8 Å². The fourth-order valence-electron chi connectivity index (χ4n) is 1.40. The van der Waals surface area contributed by atoms with Crippen LogP contribution in [0.15, 0.2) is 29.2 Å². The zero-order valence-electron chi connectivity index (χ0n) is 10.3. The Morgan fingerprint density at radius 1 is 1.33 bits per heavy atom. The minimum Gasteiger partial charge on any atom is -0.380 e. The number of anilines is 1. The first-order valence-corrected chi connectivity index (χ1v) is 6.43. The molecule has 1 atom stereocenters. The lowest BCUT2D eigenvalue weighted by atomic mass is 10.3. The zero-order valence-corrected chi connectivity index (χ0v) is 11.1. The SMILES string of the molecule is CCOCC(C)Nc1ccccc1SC(F)(F)F. The van der Waals surface area contributed by atoms with Crippen LogP contribution in [0.1, 0.15) is 13.8 Å². The largest absolute Gasteiger partial charge is 0.446 e. The monoisotopic (exact) mass is 279 g/mol. The number of benzene rings is 1. The maximum atomic E-state index is 12.4. The molecule has 0 aliphatic carbocycles. The van der Waals surface area contributed by atoms with Crippen LogP contribution in [0.25, 0.3) is 0 Å². The number of thioether (sulfide) groups is 1. The van der Waals surface area contributed by atoms with Gasteiger partial charge in [0, 0.05) is 23.2 Å². The van der Waals surface area contributed by atoms with E-state index in [1.54, 1.807) is 18.2 Å². The van der Waals surface area contributed by atoms with Crippen molar-refractivity contribution in [1.29, 1.82) is 0 Å². The van der Waals surface area contributed by atoms with Crippen LogP contribution in [0, 0.1) is 0 Å². The molecule has 0 heterocycles. The van der Waals surface area contributed by atoms with Crippen molar-refractivity contribution in [3.8, 4) is 0 Å². The molecule has 1 N–H and O–H groups in total. The van der Waals surface area contributed by atoms with E-state index < -0.39 is 5.51 Å². The summed E-state index contributed by atoms with van der Waals surface area (Å²) < 4.78 is 42.3. The van der Waals surface area contributed by atoms with Gasteiger partial charge in [-0.25, -0.2) is 0 Å². The number of nitrogens with one attached hydrogen (secondary N) is 1. The van der Waals surface area contributed by atoms with Gasteiger partial charge in [-0.1, -0.05) is 12.1 Å². The first kappa shape index (κ1) is 15.2. The Morgan fingerprint density at radius 3 is 2.61 bits per heavy atom. The predicted molar refractivity (Wildman–Crippen MR) is 67.9 cm³/mol. The number of ether oxygens (including phenoxy) is 1. The zero-order chi connectivity index (χ0) is 13.6. The van der Waals surface area contributed by atoms with Gasteiger partial charge >= 0.3 is 5.51 Å². The second-order valence-electron chi connectivity index (χ2n) is 3.75. The van der Waals surface area contributed by atoms with Gasteiger partial charge in [-0.3, -0.25) is 0 Å². The van der Waals surface area contributed by atoms with Crippen molar-refractivity contribution in [1.82, 2.24) is 0 Å². The van der Waals surface area contributed by atoms with Crippen LogP contribution in [-0.2, 0) is 4.74 Å². The Morgan fingerprint density at radius 2 is 2.00 bits per heavy atom. The smallest absolute Gasteiger partial charge is 0.380 e. The summed E-state index contributed by atoms with van der Waals surface area (Å²) in [7, 11) is 0. The molecule has 0 bridgehead atoms. The summed E-state index contributed by atoms with van der Waals surface area (Å²) in [5.74, 6) is 0. The van der Waals surface area contributed by atoms with E-state index in [1.165, 1.54) is 6.07 Å². The van der Waals surface area contributed by atoms with Crippen molar-refractivity contribution in [3.05, 3.63) is 24.3 Å². The maximum absolute atomic E-state index is 12.4. The average molecular weight is 279 g/mol. The lowest BCUT2D eigenvalue weighted by molar-refractivity contribution is -0.0327. The van der Waals surface area contributed by atoms with Crippen LogP contribution in [0.5, 0.6) is 0 Å². The van der Waals surface area contributed by atoms with Crippen molar-refractivity contribution < 1.29 is 17.9 Å². The molecule has 1 aromatic rings. The van der Waals surface area contributed by atoms with Gasteiger partial charge in [0.2, 0.25) is 0 Å². The molecule has 0 spiro atoms. The van der Waals surface area contributed by atoms with Crippen LogP contribution in [-0.4, -0.2) is 24.8 Å². The summed E-state index contributed by atoms with van der Waals surface area (Å²) >= 11 is -0.110. The van der Waals surface area contributed by atoms with Crippen LogP contribution in [0.4, 0.5) is 18.9 Å². The van der Waals surface area contributed by atoms with E-state index in [1.807, 2.05) is 13.8 Å². The van der Waals surface area contributed by atoms with Gasteiger partial charge in [0.15, 0.2) is 0 Å². The average Bonchev–Trinajstić information content (AvgIpc) is 2.27. The third-order valence-corrected chi connectivity index (χ3v) is 2.89. The van der Waals surface area contributed by atoms with Gasteiger partial charge in [-0.05, 0) is 37.7 Å². The van der Waals surface area contributed by atoms with E-state index in [4.69, 9.17) is 4.74 Å². The molecular formula is C12H16F3NOS. The molecular weight excluding hydrogens is 263 g/mol. The first-order chi connectivity index (χ1) is 8.42. The van der Waals surface area contributed by atoms with Crippen molar-refractivity contribution in [2.45, 2.75) is 30.3 Å². The molecule has 102 valence electrons. The molecule has 1 aromatic carbocycles. The summed E-state index contributed by atoms with van der Waals surface area (Å²) in [6.45, 7) is 4.79. The molecule has 0 saturated carbocycles. The molecule has 0 amide bonds. The highest BCUT2D eigenvalue weighted by atomic mass is 32.2. The van der Waals surface area contributed by atoms with Gasteiger partial charge in [0.1, 0.15) is 0 Å². The number of alkyl halides is 3.